The van der Waals surface area contributed by atoms with Crippen LogP contribution >= 0.6 is 0 Å². The average Bonchev–Trinajstić information content (AvgIpc) is 2.84. The first-order valence-electron chi connectivity index (χ1n) is 7.98. The molecule has 0 aromatic heterocycles. The lowest BCUT2D eigenvalue weighted by molar-refractivity contribution is -0.122. The summed E-state index contributed by atoms with van der Waals surface area (Å²) in [6.07, 6.45) is 0.504. The van der Waals surface area contributed by atoms with Crippen LogP contribution in [0.1, 0.15) is 50.0 Å². The van der Waals surface area contributed by atoms with E-state index in [0.717, 1.165) is 4.90 Å². The SMILES string of the molecule is CCOC(=O)c1ccc2c(c1)/C(=C(/CC)OCC)C(=O)N2C(C)=O. The summed E-state index contributed by atoms with van der Waals surface area (Å²) < 4.78 is 10.6. The predicted molar refractivity (Wildman–Crippen MR) is 89.4 cm³/mol. The summed E-state index contributed by atoms with van der Waals surface area (Å²) in [6, 6.07) is 4.72. The van der Waals surface area contributed by atoms with Gasteiger partial charge in [0.05, 0.1) is 30.0 Å². The third kappa shape index (κ3) is 3.04. The van der Waals surface area contributed by atoms with Crippen molar-refractivity contribution in [2.75, 3.05) is 18.1 Å². The summed E-state index contributed by atoms with van der Waals surface area (Å²) in [5.41, 5.74) is 1.64. The molecule has 2 rings (SSSR count). The molecule has 24 heavy (non-hydrogen) atoms. The minimum Gasteiger partial charge on any atom is -0.497 e. The van der Waals surface area contributed by atoms with Gasteiger partial charge in [0.15, 0.2) is 0 Å². The second-order valence-corrected chi connectivity index (χ2v) is 5.20. The van der Waals surface area contributed by atoms with Crippen molar-refractivity contribution in [3.63, 3.8) is 0 Å². The highest BCUT2D eigenvalue weighted by Crippen LogP contribution is 2.40. The van der Waals surface area contributed by atoms with E-state index in [0.29, 0.717) is 41.2 Å². The highest BCUT2D eigenvalue weighted by Gasteiger charge is 2.38. The molecule has 1 aliphatic heterocycles. The van der Waals surface area contributed by atoms with Gasteiger partial charge in [0.25, 0.3) is 5.91 Å². The highest BCUT2D eigenvalue weighted by atomic mass is 16.5. The lowest BCUT2D eigenvalue weighted by Crippen LogP contribution is -2.31. The zero-order chi connectivity index (χ0) is 17.9. The van der Waals surface area contributed by atoms with Crippen molar-refractivity contribution in [1.29, 1.82) is 0 Å². The molecule has 6 nitrogen and oxygen atoms in total. The van der Waals surface area contributed by atoms with E-state index in [1.165, 1.54) is 6.92 Å². The second kappa shape index (κ2) is 7.29. The van der Waals surface area contributed by atoms with Crippen LogP contribution in [-0.2, 0) is 19.1 Å². The van der Waals surface area contributed by atoms with Crippen LogP contribution in [-0.4, -0.2) is 31.0 Å². The van der Waals surface area contributed by atoms with E-state index in [4.69, 9.17) is 9.47 Å². The largest absolute Gasteiger partial charge is 0.497 e. The van der Waals surface area contributed by atoms with Crippen LogP contribution in [0.15, 0.2) is 24.0 Å². The Balaban J connectivity index is 2.66. The Morgan fingerprint density at radius 1 is 1.08 bits per heavy atom. The van der Waals surface area contributed by atoms with Crippen LogP contribution in [0.5, 0.6) is 0 Å². The average molecular weight is 331 g/mol. The quantitative estimate of drug-likeness (QED) is 0.471. The first-order chi connectivity index (χ1) is 11.5. The number of allylic oxidation sites excluding steroid dienone is 1. The predicted octanol–water partition coefficient (Wildman–Crippen LogP) is 2.91. The molecule has 1 aliphatic rings. The van der Waals surface area contributed by atoms with E-state index in [1.807, 2.05) is 13.8 Å². The first kappa shape index (κ1) is 17.7. The second-order valence-electron chi connectivity index (χ2n) is 5.20. The van der Waals surface area contributed by atoms with Gasteiger partial charge in [-0.1, -0.05) is 6.92 Å². The zero-order valence-corrected chi connectivity index (χ0v) is 14.3. The number of amides is 2. The number of esters is 1. The molecule has 1 aromatic carbocycles. The summed E-state index contributed by atoms with van der Waals surface area (Å²) in [5.74, 6) is -0.771. The van der Waals surface area contributed by atoms with Gasteiger partial charge in [-0.15, -0.1) is 0 Å². The summed E-state index contributed by atoms with van der Waals surface area (Å²) in [7, 11) is 0. The van der Waals surface area contributed by atoms with Gasteiger partial charge < -0.3 is 9.47 Å². The number of rotatable bonds is 5. The first-order valence-corrected chi connectivity index (χ1v) is 7.98. The molecule has 0 spiro atoms. The summed E-state index contributed by atoms with van der Waals surface area (Å²) >= 11 is 0. The third-order valence-corrected chi connectivity index (χ3v) is 3.67. The molecule has 1 aromatic rings. The minimum absolute atomic E-state index is 0.260. The van der Waals surface area contributed by atoms with Gasteiger partial charge in [-0.3, -0.25) is 9.59 Å². The molecule has 0 bridgehead atoms. The Bertz CT molecular complexity index is 720. The number of hydrogen-bond donors (Lipinski definition) is 0. The maximum atomic E-state index is 12.7. The molecule has 0 unspecified atom stereocenters. The van der Waals surface area contributed by atoms with Crippen LogP contribution in [0.25, 0.3) is 5.57 Å². The Labute approximate surface area is 141 Å². The number of nitrogens with zero attached hydrogens (tertiary/aromatic N) is 1. The molecule has 0 atom stereocenters. The van der Waals surface area contributed by atoms with Gasteiger partial charge in [0.1, 0.15) is 5.76 Å². The summed E-state index contributed by atoms with van der Waals surface area (Å²) in [6.45, 7) is 7.42. The van der Waals surface area contributed by atoms with Crippen LogP contribution < -0.4 is 4.90 Å². The smallest absolute Gasteiger partial charge is 0.338 e. The molecule has 0 saturated carbocycles. The Morgan fingerprint density at radius 2 is 1.75 bits per heavy atom. The fourth-order valence-corrected chi connectivity index (χ4v) is 2.72. The number of ether oxygens (including phenoxy) is 2. The maximum Gasteiger partial charge on any atom is 0.338 e. The van der Waals surface area contributed by atoms with E-state index in [2.05, 4.69) is 0 Å². The van der Waals surface area contributed by atoms with Gasteiger partial charge >= 0.3 is 5.97 Å². The third-order valence-electron chi connectivity index (χ3n) is 3.67. The number of benzene rings is 1. The lowest BCUT2D eigenvalue weighted by atomic mass is 10.0. The standard InChI is InChI=1S/C18H21NO5/c1-5-15(23-6-2)16-13-10-12(18(22)24-7-3)8-9-14(13)19(11(4)20)17(16)21/h8-10H,5-7H2,1-4H3/b16-15+. The van der Waals surface area contributed by atoms with E-state index in [-0.39, 0.29) is 12.5 Å². The molecular weight excluding hydrogens is 310 g/mol. The van der Waals surface area contributed by atoms with Crippen molar-refractivity contribution in [2.24, 2.45) is 0 Å². The molecule has 0 N–H and O–H groups in total. The molecule has 0 aliphatic carbocycles. The van der Waals surface area contributed by atoms with Crippen LogP contribution in [0, 0.1) is 0 Å². The van der Waals surface area contributed by atoms with Crippen LogP contribution in [0.4, 0.5) is 5.69 Å². The van der Waals surface area contributed by atoms with Crippen molar-refractivity contribution < 1.29 is 23.9 Å². The zero-order valence-electron chi connectivity index (χ0n) is 14.3. The number of carbonyl (C=O) groups is 3. The molecule has 2 amide bonds. The van der Waals surface area contributed by atoms with Gasteiger partial charge in [-0.25, -0.2) is 9.69 Å². The maximum absolute atomic E-state index is 12.7. The Morgan fingerprint density at radius 3 is 2.29 bits per heavy atom. The van der Waals surface area contributed by atoms with Crippen LogP contribution in [0.2, 0.25) is 0 Å². The molecule has 1 heterocycles. The molecular formula is C18H21NO5. The van der Waals surface area contributed by atoms with E-state index in [9.17, 15) is 14.4 Å². The van der Waals surface area contributed by atoms with E-state index >= 15 is 0 Å². The van der Waals surface area contributed by atoms with Crippen molar-refractivity contribution in [2.45, 2.75) is 34.1 Å². The van der Waals surface area contributed by atoms with Crippen molar-refractivity contribution in [1.82, 2.24) is 0 Å². The Hall–Kier alpha value is -2.63. The van der Waals surface area contributed by atoms with Gasteiger partial charge in [0, 0.05) is 18.9 Å². The van der Waals surface area contributed by atoms with Gasteiger partial charge in [0.2, 0.25) is 5.91 Å². The number of hydrogen-bond acceptors (Lipinski definition) is 5. The molecule has 128 valence electrons. The van der Waals surface area contributed by atoms with Crippen molar-refractivity contribution >= 4 is 29.0 Å². The number of imide groups is 1. The number of carbonyl (C=O) groups excluding carboxylic acids is 3. The summed E-state index contributed by atoms with van der Waals surface area (Å²) in [4.78, 5) is 37.7. The highest BCUT2D eigenvalue weighted by molar-refractivity contribution is 6.40. The van der Waals surface area contributed by atoms with Gasteiger partial charge in [-0.05, 0) is 32.0 Å². The van der Waals surface area contributed by atoms with E-state index in [1.54, 1.807) is 25.1 Å². The monoisotopic (exact) mass is 331 g/mol. The van der Waals surface area contributed by atoms with Crippen molar-refractivity contribution in [3.8, 4) is 0 Å². The normalized spacial score (nSPS) is 15.2. The fraction of sp³-hybridized carbons (Fsp3) is 0.389. The molecule has 0 radical (unpaired) electrons. The Kier molecular flexibility index (Phi) is 5.39. The van der Waals surface area contributed by atoms with Crippen molar-refractivity contribution in [3.05, 3.63) is 35.1 Å². The number of fused-ring (bicyclic) bond motifs is 1. The topological polar surface area (TPSA) is 72.9 Å². The van der Waals surface area contributed by atoms with E-state index < -0.39 is 11.9 Å². The molecule has 6 heteroatoms. The molecule has 0 saturated heterocycles. The molecule has 0 fully saturated rings. The lowest BCUT2D eigenvalue weighted by Gasteiger charge is -2.12. The van der Waals surface area contributed by atoms with Gasteiger partial charge in [-0.2, -0.15) is 0 Å². The number of anilines is 1. The summed E-state index contributed by atoms with van der Waals surface area (Å²) in [5, 5.41) is 0. The van der Waals surface area contributed by atoms with Crippen LogP contribution in [0.3, 0.4) is 0 Å². The fourth-order valence-electron chi connectivity index (χ4n) is 2.72. The minimum atomic E-state index is -0.470.